The summed E-state index contributed by atoms with van der Waals surface area (Å²) in [5.41, 5.74) is 0. The van der Waals surface area contributed by atoms with Crippen molar-refractivity contribution >= 4 is 6.16 Å². The molecule has 0 saturated heterocycles. The number of hydrogen-bond donors (Lipinski definition) is 0. The van der Waals surface area contributed by atoms with Gasteiger partial charge in [0.2, 0.25) is 0 Å². The van der Waals surface area contributed by atoms with Crippen LogP contribution in [-0.4, -0.2) is 52.7 Å². The summed E-state index contributed by atoms with van der Waals surface area (Å²) in [6, 6.07) is 0. The molecule has 0 aromatic carbocycles. The van der Waals surface area contributed by atoms with Gasteiger partial charge in [-0.25, -0.2) is 0 Å². The molecule has 5 heteroatoms. The summed E-state index contributed by atoms with van der Waals surface area (Å²) in [5.74, 6) is 0. The fourth-order valence-electron chi connectivity index (χ4n) is 0.107. The van der Waals surface area contributed by atoms with Crippen molar-refractivity contribution in [3.63, 3.8) is 0 Å². The van der Waals surface area contributed by atoms with Gasteiger partial charge in [-0.15, -0.1) is 0 Å². The molecule has 0 rings (SSSR count). The highest BCUT2D eigenvalue weighted by molar-refractivity contribution is 5.53. The lowest BCUT2D eigenvalue weighted by Crippen LogP contribution is -2.27. The standard InChI is InChI=1S/C4H12N.C3H6O4/c1-5(2,3)4;1-6-2-7-3(4)5/h1-4H3;2H2,1H3,(H,4,5)/q+1;/p-1. The average Bonchev–Trinajstić information content (AvgIpc) is 1.79. The van der Waals surface area contributed by atoms with Crippen molar-refractivity contribution in [1.29, 1.82) is 0 Å². The third-order valence-corrected chi connectivity index (χ3v) is 0.295. The molecule has 0 aliphatic heterocycles. The molecular formula is C7H17NO4. The van der Waals surface area contributed by atoms with Gasteiger partial charge in [-0.3, -0.25) is 0 Å². The zero-order valence-electron chi connectivity index (χ0n) is 8.29. The van der Waals surface area contributed by atoms with Gasteiger partial charge in [-0.05, 0) is 0 Å². The first-order valence-corrected chi connectivity index (χ1v) is 3.39. The van der Waals surface area contributed by atoms with Crippen LogP contribution in [0.15, 0.2) is 0 Å². The number of carboxylic acid groups (broad SMARTS) is 1. The van der Waals surface area contributed by atoms with Gasteiger partial charge in [-0.2, -0.15) is 0 Å². The second kappa shape index (κ2) is 6.87. The third-order valence-electron chi connectivity index (χ3n) is 0.295. The minimum atomic E-state index is -1.57. The Morgan fingerprint density at radius 3 is 1.75 bits per heavy atom. The molecular weight excluding hydrogens is 162 g/mol. The molecule has 0 fully saturated rings. The molecule has 0 radical (unpaired) electrons. The zero-order chi connectivity index (χ0) is 10.2. The molecule has 0 aliphatic rings. The van der Waals surface area contributed by atoms with Crippen LogP contribution in [-0.2, 0) is 9.47 Å². The Morgan fingerprint density at radius 2 is 1.67 bits per heavy atom. The first-order valence-electron chi connectivity index (χ1n) is 3.39. The quantitative estimate of drug-likeness (QED) is 0.318. The maximum absolute atomic E-state index is 9.34. The van der Waals surface area contributed by atoms with E-state index in [0.29, 0.717) is 0 Å². The van der Waals surface area contributed by atoms with Crippen LogP contribution in [0.2, 0.25) is 0 Å². The van der Waals surface area contributed by atoms with Crippen molar-refractivity contribution < 1.29 is 23.9 Å². The maximum atomic E-state index is 9.34. The van der Waals surface area contributed by atoms with Crippen molar-refractivity contribution in [2.75, 3.05) is 42.1 Å². The van der Waals surface area contributed by atoms with Gasteiger partial charge in [0.25, 0.3) is 6.16 Å². The monoisotopic (exact) mass is 179 g/mol. The molecule has 74 valence electrons. The van der Waals surface area contributed by atoms with Crippen molar-refractivity contribution in [3.8, 4) is 0 Å². The SMILES string of the molecule is COCOC(=O)[O-].C[N+](C)(C)C. The lowest BCUT2D eigenvalue weighted by Gasteiger charge is -2.14. The molecule has 0 spiro atoms. The molecule has 0 aromatic heterocycles. The predicted molar refractivity (Wildman–Crippen MR) is 42.3 cm³/mol. The van der Waals surface area contributed by atoms with Crippen molar-refractivity contribution in [3.05, 3.63) is 0 Å². The summed E-state index contributed by atoms with van der Waals surface area (Å²) < 4.78 is 8.98. The van der Waals surface area contributed by atoms with Crippen LogP contribution in [0.4, 0.5) is 4.79 Å². The van der Waals surface area contributed by atoms with Gasteiger partial charge < -0.3 is 23.9 Å². The molecule has 0 amide bonds. The van der Waals surface area contributed by atoms with Crippen LogP contribution in [0.3, 0.4) is 0 Å². The Balaban J connectivity index is 0. The van der Waals surface area contributed by atoms with Crippen LogP contribution in [0.1, 0.15) is 0 Å². The highest BCUT2D eigenvalue weighted by Gasteiger charge is 1.88. The molecule has 0 heterocycles. The maximum Gasteiger partial charge on any atom is 0.253 e. The molecule has 0 aliphatic carbocycles. The van der Waals surface area contributed by atoms with Crippen LogP contribution in [0, 0.1) is 0 Å². The van der Waals surface area contributed by atoms with Gasteiger partial charge in [0.1, 0.15) is 6.79 Å². The molecule has 12 heavy (non-hydrogen) atoms. The molecule has 0 N–H and O–H groups in total. The number of methoxy groups -OCH3 is 1. The molecule has 0 bridgehead atoms. The van der Waals surface area contributed by atoms with Crippen LogP contribution < -0.4 is 5.11 Å². The van der Waals surface area contributed by atoms with Gasteiger partial charge >= 0.3 is 0 Å². The van der Waals surface area contributed by atoms with Crippen LogP contribution >= 0.6 is 0 Å². The van der Waals surface area contributed by atoms with Gasteiger partial charge in [0, 0.05) is 7.11 Å². The molecule has 0 saturated carbocycles. The summed E-state index contributed by atoms with van der Waals surface area (Å²) in [5, 5.41) is 9.34. The van der Waals surface area contributed by atoms with Crippen molar-refractivity contribution in [2.45, 2.75) is 0 Å². The number of rotatable bonds is 2. The molecule has 0 atom stereocenters. The smallest absolute Gasteiger partial charge is 0.253 e. The number of hydrogen-bond acceptors (Lipinski definition) is 4. The Hall–Kier alpha value is -0.810. The van der Waals surface area contributed by atoms with Crippen molar-refractivity contribution in [1.82, 2.24) is 0 Å². The fourth-order valence-corrected chi connectivity index (χ4v) is 0.107. The molecule has 5 nitrogen and oxygen atoms in total. The van der Waals surface area contributed by atoms with Crippen LogP contribution in [0.5, 0.6) is 0 Å². The van der Waals surface area contributed by atoms with E-state index in [1.165, 1.54) is 7.11 Å². The predicted octanol–water partition coefficient (Wildman–Crippen LogP) is -0.727. The second-order valence-corrected chi connectivity index (χ2v) is 3.48. The van der Waals surface area contributed by atoms with E-state index in [-0.39, 0.29) is 6.79 Å². The Morgan fingerprint density at radius 1 is 1.33 bits per heavy atom. The lowest BCUT2D eigenvalue weighted by atomic mass is 10.8. The van der Waals surface area contributed by atoms with E-state index in [9.17, 15) is 9.90 Å². The van der Waals surface area contributed by atoms with Crippen LogP contribution in [0.25, 0.3) is 0 Å². The molecule has 0 aromatic rings. The van der Waals surface area contributed by atoms with Crippen molar-refractivity contribution in [2.24, 2.45) is 0 Å². The van der Waals surface area contributed by atoms with E-state index in [1.54, 1.807) is 0 Å². The minimum absolute atomic E-state index is 0.262. The number of nitrogens with zero attached hydrogens (tertiary/aromatic N) is 1. The highest BCUT2D eigenvalue weighted by atomic mass is 16.7. The van der Waals surface area contributed by atoms with E-state index in [0.717, 1.165) is 4.48 Å². The number of ether oxygens (including phenoxy) is 2. The Bertz CT molecular complexity index is 113. The Kier molecular flexibility index (Phi) is 7.88. The van der Waals surface area contributed by atoms with Gasteiger partial charge in [0.15, 0.2) is 0 Å². The van der Waals surface area contributed by atoms with E-state index in [4.69, 9.17) is 0 Å². The zero-order valence-corrected chi connectivity index (χ0v) is 8.29. The normalized spacial score (nSPS) is 9.75. The Labute approximate surface area is 73.1 Å². The van der Waals surface area contributed by atoms with Gasteiger partial charge in [0.05, 0.1) is 28.2 Å². The first kappa shape index (κ1) is 13.8. The summed E-state index contributed by atoms with van der Waals surface area (Å²) in [7, 11) is 9.82. The summed E-state index contributed by atoms with van der Waals surface area (Å²) in [4.78, 5) is 9.34. The number of carbonyl (C=O) groups excluding carboxylic acids is 1. The van der Waals surface area contributed by atoms with E-state index in [2.05, 4.69) is 37.7 Å². The fraction of sp³-hybridized carbons (Fsp3) is 0.857. The number of quaternary nitrogens is 1. The average molecular weight is 179 g/mol. The topological polar surface area (TPSA) is 58.6 Å². The second-order valence-electron chi connectivity index (χ2n) is 3.48. The largest absolute Gasteiger partial charge is 0.524 e. The summed E-state index contributed by atoms with van der Waals surface area (Å²) >= 11 is 0. The summed E-state index contributed by atoms with van der Waals surface area (Å²) in [6.07, 6.45) is -1.57. The summed E-state index contributed by atoms with van der Waals surface area (Å²) in [6.45, 7) is -0.262. The lowest BCUT2D eigenvalue weighted by molar-refractivity contribution is -0.849. The first-order chi connectivity index (χ1) is 5.27. The van der Waals surface area contributed by atoms with E-state index >= 15 is 0 Å². The number of carbonyl (C=O) groups is 1. The third kappa shape index (κ3) is 60.6. The molecule has 0 unspecified atom stereocenters. The minimum Gasteiger partial charge on any atom is -0.524 e. The highest BCUT2D eigenvalue weighted by Crippen LogP contribution is 1.73. The van der Waals surface area contributed by atoms with E-state index < -0.39 is 6.16 Å². The van der Waals surface area contributed by atoms with E-state index in [1.807, 2.05) is 0 Å². The van der Waals surface area contributed by atoms with Gasteiger partial charge in [-0.1, -0.05) is 0 Å².